The summed E-state index contributed by atoms with van der Waals surface area (Å²) in [4.78, 5) is 14.4. The maximum Gasteiger partial charge on any atom is 0.250 e. The van der Waals surface area contributed by atoms with E-state index in [0.29, 0.717) is 13.2 Å². The van der Waals surface area contributed by atoms with Crippen LogP contribution in [0.15, 0.2) is 35.1 Å². The van der Waals surface area contributed by atoms with Crippen LogP contribution in [0.2, 0.25) is 0 Å². The molecule has 94 valence electrons. The van der Waals surface area contributed by atoms with Gasteiger partial charge < -0.3 is 15.1 Å². The van der Waals surface area contributed by atoms with E-state index >= 15 is 0 Å². The number of ether oxygens (including phenoxy) is 1. The van der Waals surface area contributed by atoms with Crippen molar-refractivity contribution in [2.45, 2.75) is 0 Å². The second-order valence-electron chi connectivity index (χ2n) is 4.30. The van der Waals surface area contributed by atoms with Gasteiger partial charge in [0.15, 0.2) is 0 Å². The molecule has 0 atom stereocenters. The Kier molecular flexibility index (Phi) is 3.00. The number of nitrogens with zero attached hydrogens (tertiary/aromatic N) is 1. The Morgan fingerprint density at radius 2 is 2.00 bits per heavy atom. The van der Waals surface area contributed by atoms with Crippen LogP contribution in [0.3, 0.4) is 0 Å². The lowest BCUT2D eigenvalue weighted by molar-refractivity contribution is 0.0497. The van der Waals surface area contributed by atoms with Crippen molar-refractivity contribution >= 4 is 16.6 Å². The van der Waals surface area contributed by atoms with Gasteiger partial charge in [0.1, 0.15) is 0 Å². The molecule has 18 heavy (non-hydrogen) atoms. The zero-order valence-corrected chi connectivity index (χ0v) is 9.98. The van der Waals surface area contributed by atoms with Crippen LogP contribution < -0.4 is 11.0 Å². The highest BCUT2D eigenvalue weighted by atomic mass is 16.5. The third-order valence-electron chi connectivity index (χ3n) is 3.04. The fraction of sp³-hybridized carbons (Fsp3) is 0.308. The summed E-state index contributed by atoms with van der Waals surface area (Å²) in [7, 11) is 0. The summed E-state index contributed by atoms with van der Waals surface area (Å²) in [6, 6.07) is 9.37. The van der Waals surface area contributed by atoms with E-state index in [1.807, 2.05) is 24.3 Å². The molecular weight excluding hydrogens is 230 g/mol. The Balaban J connectivity index is 1.97. The summed E-state index contributed by atoms with van der Waals surface area (Å²) in [5, 5.41) is 3.09. The van der Waals surface area contributed by atoms with Crippen LogP contribution in [0.4, 0.5) is 5.69 Å². The minimum absolute atomic E-state index is 0.0931. The van der Waals surface area contributed by atoms with Crippen molar-refractivity contribution in [1.82, 2.24) is 9.99 Å². The summed E-state index contributed by atoms with van der Waals surface area (Å²) in [5.41, 5.74) is 4.90. The highest BCUT2D eigenvalue weighted by molar-refractivity contribution is 5.90. The number of H-pyrrole nitrogens is 1. The minimum Gasteiger partial charge on any atom is -0.379 e. The fourth-order valence-electron chi connectivity index (χ4n) is 2.14. The number of hydrogen-bond acceptors (Lipinski definition) is 4. The van der Waals surface area contributed by atoms with Gasteiger partial charge in [-0.2, -0.15) is 0 Å². The van der Waals surface area contributed by atoms with Gasteiger partial charge in [-0.15, -0.1) is 0 Å². The number of aromatic amines is 1. The molecule has 2 aromatic rings. The van der Waals surface area contributed by atoms with E-state index in [1.165, 1.54) is 0 Å². The predicted molar refractivity (Wildman–Crippen MR) is 70.6 cm³/mol. The molecule has 5 nitrogen and oxygen atoms in total. The number of nitrogens with one attached hydrogen (secondary N) is 2. The molecule has 0 aliphatic carbocycles. The van der Waals surface area contributed by atoms with Crippen LogP contribution >= 0.6 is 0 Å². The van der Waals surface area contributed by atoms with Gasteiger partial charge in [-0.05, 0) is 6.07 Å². The number of para-hydroxylation sites is 1. The monoisotopic (exact) mass is 245 g/mol. The maximum absolute atomic E-state index is 11.6. The standard InChI is InChI=1S/C13H15N3O2/c17-13-9-12(15-16-5-7-18-8-6-16)10-3-1-2-4-11(10)14-13/h1-4,9H,5-8H2,(H2,14,15,17). The van der Waals surface area contributed by atoms with Crippen molar-refractivity contribution in [1.29, 1.82) is 0 Å². The largest absolute Gasteiger partial charge is 0.379 e. The Bertz CT molecular complexity index is 602. The van der Waals surface area contributed by atoms with Crippen LogP contribution in [-0.4, -0.2) is 36.3 Å². The molecule has 0 unspecified atom stereocenters. The van der Waals surface area contributed by atoms with Gasteiger partial charge in [-0.25, -0.2) is 5.01 Å². The number of fused-ring (bicyclic) bond motifs is 1. The second kappa shape index (κ2) is 4.80. The number of pyridine rings is 1. The smallest absolute Gasteiger partial charge is 0.250 e. The third-order valence-corrected chi connectivity index (χ3v) is 3.04. The molecule has 1 aromatic heterocycles. The van der Waals surface area contributed by atoms with Crippen LogP contribution in [0.5, 0.6) is 0 Å². The summed E-state index contributed by atoms with van der Waals surface area (Å²) >= 11 is 0. The molecule has 1 aromatic carbocycles. The molecule has 2 heterocycles. The topological polar surface area (TPSA) is 57.4 Å². The zero-order chi connectivity index (χ0) is 12.4. The van der Waals surface area contributed by atoms with Crippen molar-refractivity contribution in [3.8, 4) is 0 Å². The summed E-state index contributed by atoms with van der Waals surface area (Å²) in [5.74, 6) is 0. The predicted octanol–water partition coefficient (Wildman–Crippen LogP) is 1.19. The summed E-state index contributed by atoms with van der Waals surface area (Å²) in [6.07, 6.45) is 0. The van der Waals surface area contributed by atoms with Crippen molar-refractivity contribution in [2.75, 3.05) is 31.7 Å². The van der Waals surface area contributed by atoms with E-state index < -0.39 is 0 Å². The maximum atomic E-state index is 11.6. The normalized spacial score (nSPS) is 16.9. The van der Waals surface area contributed by atoms with Crippen molar-refractivity contribution in [3.05, 3.63) is 40.7 Å². The fourth-order valence-corrected chi connectivity index (χ4v) is 2.14. The van der Waals surface area contributed by atoms with E-state index in [4.69, 9.17) is 4.74 Å². The van der Waals surface area contributed by atoms with Gasteiger partial charge >= 0.3 is 0 Å². The van der Waals surface area contributed by atoms with Crippen molar-refractivity contribution in [2.24, 2.45) is 0 Å². The Morgan fingerprint density at radius 1 is 1.22 bits per heavy atom. The lowest BCUT2D eigenvalue weighted by Crippen LogP contribution is -2.40. The van der Waals surface area contributed by atoms with Gasteiger partial charge in [-0.3, -0.25) is 4.79 Å². The quantitative estimate of drug-likeness (QED) is 0.834. The summed E-state index contributed by atoms with van der Waals surface area (Å²) < 4.78 is 5.30. The third kappa shape index (κ3) is 2.23. The Morgan fingerprint density at radius 3 is 2.83 bits per heavy atom. The van der Waals surface area contributed by atoms with Gasteiger partial charge in [0.25, 0.3) is 5.56 Å². The average Bonchev–Trinajstić information content (AvgIpc) is 2.40. The van der Waals surface area contributed by atoms with Gasteiger partial charge in [0, 0.05) is 24.5 Å². The first-order chi connectivity index (χ1) is 8.83. The molecular formula is C13H15N3O2. The molecule has 1 fully saturated rings. The van der Waals surface area contributed by atoms with Gasteiger partial charge in [0.05, 0.1) is 24.4 Å². The highest BCUT2D eigenvalue weighted by Crippen LogP contribution is 2.20. The Labute approximate surface area is 104 Å². The lowest BCUT2D eigenvalue weighted by Gasteiger charge is -2.28. The van der Waals surface area contributed by atoms with Gasteiger partial charge in [-0.1, -0.05) is 18.2 Å². The zero-order valence-electron chi connectivity index (χ0n) is 9.98. The molecule has 0 bridgehead atoms. The first-order valence-corrected chi connectivity index (χ1v) is 6.04. The molecule has 3 rings (SSSR count). The highest BCUT2D eigenvalue weighted by Gasteiger charge is 2.11. The molecule has 5 heteroatoms. The number of rotatable bonds is 2. The van der Waals surface area contributed by atoms with E-state index in [1.54, 1.807) is 6.07 Å². The summed E-state index contributed by atoms with van der Waals surface area (Å²) in [6.45, 7) is 3.07. The molecule has 0 saturated carbocycles. The minimum atomic E-state index is -0.0931. The molecule has 1 saturated heterocycles. The number of anilines is 1. The molecule has 1 aliphatic rings. The SMILES string of the molecule is O=c1cc(NN2CCOCC2)c2ccccc2[nH]1. The average molecular weight is 245 g/mol. The van der Waals surface area contributed by atoms with Crippen LogP contribution in [0.25, 0.3) is 10.9 Å². The number of benzene rings is 1. The number of aromatic nitrogens is 1. The van der Waals surface area contributed by atoms with E-state index in [9.17, 15) is 4.79 Å². The van der Waals surface area contributed by atoms with Crippen LogP contribution in [-0.2, 0) is 4.74 Å². The molecule has 0 radical (unpaired) electrons. The molecule has 1 aliphatic heterocycles. The van der Waals surface area contributed by atoms with Crippen LogP contribution in [0, 0.1) is 0 Å². The number of morpholine rings is 1. The molecule has 0 spiro atoms. The lowest BCUT2D eigenvalue weighted by atomic mass is 10.2. The Hall–Kier alpha value is -1.85. The van der Waals surface area contributed by atoms with Crippen LogP contribution in [0.1, 0.15) is 0 Å². The molecule has 2 N–H and O–H groups in total. The number of hydrazine groups is 1. The van der Waals surface area contributed by atoms with Crippen molar-refractivity contribution < 1.29 is 4.74 Å². The van der Waals surface area contributed by atoms with E-state index in [-0.39, 0.29) is 5.56 Å². The van der Waals surface area contributed by atoms with Crippen molar-refractivity contribution in [3.63, 3.8) is 0 Å². The van der Waals surface area contributed by atoms with Gasteiger partial charge in [0.2, 0.25) is 0 Å². The van der Waals surface area contributed by atoms with E-state index in [2.05, 4.69) is 15.4 Å². The second-order valence-corrected chi connectivity index (χ2v) is 4.30. The van der Waals surface area contributed by atoms with E-state index in [0.717, 1.165) is 29.7 Å². The first-order valence-electron chi connectivity index (χ1n) is 6.04. The number of hydrogen-bond donors (Lipinski definition) is 2. The molecule has 0 amide bonds. The first kappa shape index (κ1) is 11.3.